The van der Waals surface area contributed by atoms with Crippen LogP contribution < -0.4 is 5.73 Å². The molecule has 0 unspecified atom stereocenters. The van der Waals surface area contributed by atoms with Crippen molar-refractivity contribution in [2.75, 3.05) is 6.54 Å². The molecule has 102 valence electrons. The molecule has 2 aliphatic carbocycles. The van der Waals surface area contributed by atoms with Crippen LogP contribution in [0.25, 0.3) is 0 Å². The summed E-state index contributed by atoms with van der Waals surface area (Å²) in [5, 5.41) is 0. The Balaban J connectivity index is 1.79. The van der Waals surface area contributed by atoms with Gasteiger partial charge < -0.3 is 5.73 Å². The molecule has 2 nitrogen and oxygen atoms in total. The van der Waals surface area contributed by atoms with Crippen LogP contribution >= 0.6 is 0 Å². The summed E-state index contributed by atoms with van der Waals surface area (Å²) >= 11 is 0. The standard InChI is InChI=1S/C17H23NO/c18-12-17(9-4-10-17)11-16(19)15-8-2-1-7-14(15)13-5-3-6-13/h1-2,7-8,13H,3-6,9-12,18H2. The highest BCUT2D eigenvalue weighted by Crippen LogP contribution is 2.44. The smallest absolute Gasteiger partial charge is 0.163 e. The molecular formula is C17H23NO. The Morgan fingerprint density at radius 2 is 1.95 bits per heavy atom. The van der Waals surface area contributed by atoms with E-state index in [1.165, 1.54) is 31.2 Å². The Kier molecular flexibility index (Phi) is 3.44. The number of ketones is 1. The van der Waals surface area contributed by atoms with Crippen LogP contribution in [0, 0.1) is 5.41 Å². The Morgan fingerprint density at radius 3 is 2.47 bits per heavy atom. The molecule has 0 aliphatic heterocycles. The van der Waals surface area contributed by atoms with Gasteiger partial charge in [0.15, 0.2) is 5.78 Å². The normalized spacial score (nSPS) is 21.5. The number of carbonyl (C=O) groups is 1. The summed E-state index contributed by atoms with van der Waals surface area (Å²) in [5.41, 5.74) is 8.24. The first kappa shape index (κ1) is 12.9. The molecule has 0 aromatic heterocycles. The zero-order valence-corrected chi connectivity index (χ0v) is 11.5. The molecule has 1 aromatic rings. The van der Waals surface area contributed by atoms with Crippen LogP contribution in [0.4, 0.5) is 0 Å². The Labute approximate surface area is 115 Å². The van der Waals surface area contributed by atoms with E-state index in [0.717, 1.165) is 18.4 Å². The molecule has 0 amide bonds. The van der Waals surface area contributed by atoms with E-state index >= 15 is 0 Å². The van der Waals surface area contributed by atoms with Gasteiger partial charge in [0.05, 0.1) is 0 Å². The molecule has 2 N–H and O–H groups in total. The summed E-state index contributed by atoms with van der Waals surface area (Å²) in [7, 11) is 0. The van der Waals surface area contributed by atoms with E-state index < -0.39 is 0 Å². The first-order valence-corrected chi connectivity index (χ1v) is 7.56. The summed E-state index contributed by atoms with van der Waals surface area (Å²) in [4.78, 5) is 12.6. The van der Waals surface area contributed by atoms with Gasteiger partial charge in [-0.3, -0.25) is 4.79 Å². The predicted molar refractivity (Wildman–Crippen MR) is 77.3 cm³/mol. The van der Waals surface area contributed by atoms with Crippen molar-refractivity contribution < 1.29 is 4.79 Å². The molecule has 2 fully saturated rings. The van der Waals surface area contributed by atoms with Crippen LogP contribution in [-0.4, -0.2) is 12.3 Å². The largest absolute Gasteiger partial charge is 0.330 e. The zero-order valence-electron chi connectivity index (χ0n) is 11.5. The van der Waals surface area contributed by atoms with E-state index in [9.17, 15) is 4.79 Å². The van der Waals surface area contributed by atoms with E-state index in [-0.39, 0.29) is 5.41 Å². The maximum atomic E-state index is 12.6. The van der Waals surface area contributed by atoms with Crippen LogP contribution in [0.15, 0.2) is 24.3 Å². The number of rotatable bonds is 5. The SMILES string of the molecule is NCC1(CC(=O)c2ccccc2C2CCC2)CCC1. The third kappa shape index (κ3) is 2.34. The van der Waals surface area contributed by atoms with Gasteiger partial charge in [0.1, 0.15) is 0 Å². The van der Waals surface area contributed by atoms with E-state index in [1.807, 2.05) is 12.1 Å². The summed E-state index contributed by atoms with van der Waals surface area (Å²) in [5.74, 6) is 0.933. The van der Waals surface area contributed by atoms with Gasteiger partial charge in [0, 0.05) is 12.0 Å². The molecular weight excluding hydrogens is 234 g/mol. The Bertz CT molecular complexity index is 466. The number of nitrogens with two attached hydrogens (primary N) is 1. The number of hydrogen-bond acceptors (Lipinski definition) is 2. The molecule has 2 aliphatic rings. The fraction of sp³-hybridized carbons (Fsp3) is 0.588. The lowest BCUT2D eigenvalue weighted by Crippen LogP contribution is -2.39. The molecule has 0 bridgehead atoms. The molecule has 0 radical (unpaired) electrons. The zero-order chi connectivity index (χ0) is 13.3. The molecule has 19 heavy (non-hydrogen) atoms. The van der Waals surface area contributed by atoms with Crippen molar-refractivity contribution in [2.45, 2.75) is 50.9 Å². The van der Waals surface area contributed by atoms with E-state index in [0.29, 0.717) is 24.7 Å². The highest BCUT2D eigenvalue weighted by molar-refractivity contribution is 5.98. The van der Waals surface area contributed by atoms with Gasteiger partial charge in [-0.1, -0.05) is 37.1 Å². The van der Waals surface area contributed by atoms with Crippen LogP contribution in [-0.2, 0) is 0 Å². The van der Waals surface area contributed by atoms with Gasteiger partial charge in [-0.25, -0.2) is 0 Å². The minimum absolute atomic E-state index is 0.115. The maximum absolute atomic E-state index is 12.6. The van der Waals surface area contributed by atoms with Crippen molar-refractivity contribution in [3.8, 4) is 0 Å². The van der Waals surface area contributed by atoms with Crippen LogP contribution in [0.2, 0.25) is 0 Å². The highest BCUT2D eigenvalue weighted by Gasteiger charge is 2.38. The molecule has 0 spiro atoms. The molecule has 0 atom stereocenters. The van der Waals surface area contributed by atoms with Gasteiger partial charge >= 0.3 is 0 Å². The lowest BCUT2D eigenvalue weighted by Gasteiger charge is -2.40. The Hall–Kier alpha value is -1.15. The molecule has 0 saturated heterocycles. The third-order valence-electron chi connectivity index (χ3n) is 5.19. The molecule has 0 heterocycles. The third-order valence-corrected chi connectivity index (χ3v) is 5.19. The number of Topliss-reactive ketones (excluding diaryl/α,β-unsaturated/α-hetero) is 1. The molecule has 2 heteroatoms. The molecule has 2 saturated carbocycles. The fourth-order valence-corrected chi connectivity index (χ4v) is 3.39. The lowest BCUT2D eigenvalue weighted by molar-refractivity contribution is 0.0784. The average molecular weight is 257 g/mol. The monoisotopic (exact) mass is 257 g/mol. The van der Waals surface area contributed by atoms with Gasteiger partial charge in [-0.05, 0) is 49.1 Å². The summed E-state index contributed by atoms with van der Waals surface area (Å²) in [6.45, 7) is 0.657. The van der Waals surface area contributed by atoms with Crippen LogP contribution in [0.3, 0.4) is 0 Å². The van der Waals surface area contributed by atoms with E-state index in [4.69, 9.17) is 5.73 Å². The van der Waals surface area contributed by atoms with Gasteiger partial charge in [0.25, 0.3) is 0 Å². The van der Waals surface area contributed by atoms with Gasteiger partial charge in [-0.2, -0.15) is 0 Å². The first-order valence-electron chi connectivity index (χ1n) is 7.56. The summed E-state index contributed by atoms with van der Waals surface area (Å²) in [6, 6.07) is 8.21. The second-order valence-corrected chi connectivity index (χ2v) is 6.37. The van der Waals surface area contributed by atoms with Crippen LogP contribution in [0.1, 0.15) is 66.8 Å². The average Bonchev–Trinajstić information content (AvgIpc) is 2.32. The highest BCUT2D eigenvalue weighted by atomic mass is 16.1. The van der Waals surface area contributed by atoms with Crippen molar-refractivity contribution in [1.29, 1.82) is 0 Å². The van der Waals surface area contributed by atoms with Crippen molar-refractivity contribution >= 4 is 5.78 Å². The molecule has 1 aromatic carbocycles. The van der Waals surface area contributed by atoms with Crippen molar-refractivity contribution in [1.82, 2.24) is 0 Å². The minimum atomic E-state index is 0.115. The number of benzene rings is 1. The topological polar surface area (TPSA) is 43.1 Å². The lowest BCUT2D eigenvalue weighted by atomic mass is 9.65. The van der Waals surface area contributed by atoms with E-state index in [1.54, 1.807) is 0 Å². The Morgan fingerprint density at radius 1 is 1.21 bits per heavy atom. The van der Waals surface area contributed by atoms with Crippen molar-refractivity contribution in [3.63, 3.8) is 0 Å². The van der Waals surface area contributed by atoms with Crippen molar-refractivity contribution in [2.24, 2.45) is 11.1 Å². The summed E-state index contributed by atoms with van der Waals surface area (Å²) < 4.78 is 0. The van der Waals surface area contributed by atoms with Crippen LogP contribution in [0.5, 0.6) is 0 Å². The van der Waals surface area contributed by atoms with E-state index in [2.05, 4.69) is 12.1 Å². The first-order chi connectivity index (χ1) is 9.24. The van der Waals surface area contributed by atoms with Gasteiger partial charge in [0.2, 0.25) is 0 Å². The quantitative estimate of drug-likeness (QED) is 0.818. The minimum Gasteiger partial charge on any atom is -0.330 e. The number of hydrogen-bond donors (Lipinski definition) is 1. The fourth-order valence-electron chi connectivity index (χ4n) is 3.39. The summed E-state index contributed by atoms with van der Waals surface area (Å²) in [6.07, 6.45) is 7.92. The molecule has 3 rings (SSSR count). The maximum Gasteiger partial charge on any atom is 0.163 e. The second-order valence-electron chi connectivity index (χ2n) is 6.37. The number of carbonyl (C=O) groups excluding carboxylic acids is 1. The second kappa shape index (κ2) is 5.09. The van der Waals surface area contributed by atoms with Gasteiger partial charge in [-0.15, -0.1) is 0 Å². The van der Waals surface area contributed by atoms with Crippen molar-refractivity contribution in [3.05, 3.63) is 35.4 Å². The predicted octanol–water partition coefficient (Wildman–Crippen LogP) is 3.66.